The van der Waals surface area contributed by atoms with Gasteiger partial charge in [0.25, 0.3) is 0 Å². The van der Waals surface area contributed by atoms with E-state index in [0.29, 0.717) is 17.5 Å². The Kier molecular flexibility index (Phi) is 6.61. The summed E-state index contributed by atoms with van der Waals surface area (Å²) in [6.45, 7) is 0. The number of imidazole rings is 1. The van der Waals surface area contributed by atoms with E-state index >= 15 is 0 Å². The van der Waals surface area contributed by atoms with Gasteiger partial charge < -0.3 is 0 Å². The van der Waals surface area contributed by atoms with Crippen LogP contribution in [0.1, 0.15) is 0 Å². The van der Waals surface area contributed by atoms with Crippen LogP contribution < -0.4 is 5.69 Å². The Labute approximate surface area is 265 Å². The molecule has 2 heterocycles. The fraction of sp³-hybridized carbons (Fsp3) is 0.0500. The van der Waals surface area contributed by atoms with Gasteiger partial charge in [0, 0.05) is 30.8 Å². The average Bonchev–Trinajstić information content (AvgIpc) is 3.34. The van der Waals surface area contributed by atoms with Crippen molar-refractivity contribution in [1.82, 2.24) is 24.1 Å². The summed E-state index contributed by atoms with van der Waals surface area (Å²) in [5.74, 6) is 1.81. The fourth-order valence-electron chi connectivity index (χ4n) is 6.18. The molecule has 8 rings (SSSR count). The second-order valence-electron chi connectivity index (χ2n) is 11.5. The summed E-state index contributed by atoms with van der Waals surface area (Å²) in [6.07, 6.45) is 0. The van der Waals surface area contributed by atoms with E-state index in [-0.39, 0.29) is 5.69 Å². The molecule has 8 aromatic rings. The summed E-state index contributed by atoms with van der Waals surface area (Å²) < 4.78 is 3.37. The number of fused-ring (bicyclic) bond motifs is 2. The molecule has 0 fully saturated rings. The highest BCUT2D eigenvalue weighted by atomic mass is 16.1. The number of aromatic nitrogens is 5. The maximum Gasteiger partial charge on any atom is 0.328 e. The lowest BCUT2D eigenvalue weighted by molar-refractivity contribution is 0.795. The molecular weight excluding hydrogens is 566 g/mol. The highest BCUT2D eigenvalue weighted by Crippen LogP contribution is 2.36. The van der Waals surface area contributed by atoms with Crippen molar-refractivity contribution in [3.8, 4) is 56.4 Å². The summed E-state index contributed by atoms with van der Waals surface area (Å²) in [5, 5.41) is 2.34. The standard InChI is InChI=1S/C40H29N5O/c1-44-35-21-20-29(25-36(35)45(2)40(44)46)30-22-31(34-19-11-17-26-12-9-10-18-33(26)34)24-32(23-30)39-42-37(27-13-5-3-6-14-27)41-38(43-39)28-15-7-4-8-16-28/h3-25H,1-2H3. The van der Waals surface area contributed by atoms with E-state index in [4.69, 9.17) is 15.0 Å². The Bertz CT molecular complexity index is 2400. The van der Waals surface area contributed by atoms with Crippen LogP contribution in [-0.4, -0.2) is 24.1 Å². The van der Waals surface area contributed by atoms with Crippen LogP contribution in [0, 0.1) is 0 Å². The highest BCUT2D eigenvalue weighted by Gasteiger charge is 2.16. The first-order valence-electron chi connectivity index (χ1n) is 15.2. The van der Waals surface area contributed by atoms with Crippen LogP contribution in [0.5, 0.6) is 0 Å². The first-order chi connectivity index (χ1) is 22.5. The molecule has 0 saturated heterocycles. The van der Waals surface area contributed by atoms with E-state index in [1.54, 1.807) is 16.2 Å². The third-order valence-electron chi connectivity index (χ3n) is 8.60. The number of benzene rings is 6. The molecule has 6 aromatic carbocycles. The molecular formula is C40H29N5O. The fourth-order valence-corrected chi connectivity index (χ4v) is 6.18. The van der Waals surface area contributed by atoms with Crippen molar-refractivity contribution in [2.45, 2.75) is 0 Å². The molecule has 0 saturated carbocycles. The largest absolute Gasteiger partial charge is 0.328 e. The minimum absolute atomic E-state index is 0.0515. The molecule has 0 radical (unpaired) electrons. The van der Waals surface area contributed by atoms with Crippen molar-refractivity contribution >= 4 is 21.8 Å². The van der Waals surface area contributed by atoms with Crippen LogP contribution in [0.25, 0.3) is 78.2 Å². The molecule has 0 aliphatic heterocycles. The van der Waals surface area contributed by atoms with E-state index in [2.05, 4.69) is 72.8 Å². The normalized spacial score (nSPS) is 11.3. The third-order valence-corrected chi connectivity index (χ3v) is 8.60. The van der Waals surface area contributed by atoms with Crippen molar-refractivity contribution < 1.29 is 0 Å². The molecule has 0 unspecified atom stereocenters. The van der Waals surface area contributed by atoms with Crippen LogP contribution in [0.4, 0.5) is 0 Å². The quantitative estimate of drug-likeness (QED) is 0.200. The number of aryl methyl sites for hydroxylation is 2. The summed E-state index contributed by atoms with van der Waals surface area (Å²) in [5.41, 5.74) is 8.60. The van der Waals surface area contributed by atoms with Crippen LogP contribution in [0.2, 0.25) is 0 Å². The molecule has 0 aliphatic carbocycles. The predicted octanol–water partition coefficient (Wildman–Crippen LogP) is 8.55. The van der Waals surface area contributed by atoms with Crippen LogP contribution in [-0.2, 0) is 14.1 Å². The Morgan fingerprint density at radius 2 is 0.978 bits per heavy atom. The van der Waals surface area contributed by atoms with Crippen molar-refractivity contribution in [3.63, 3.8) is 0 Å². The van der Waals surface area contributed by atoms with Gasteiger partial charge in [0.2, 0.25) is 0 Å². The van der Waals surface area contributed by atoms with E-state index in [9.17, 15) is 4.79 Å². The van der Waals surface area contributed by atoms with Crippen molar-refractivity contribution in [2.24, 2.45) is 14.1 Å². The maximum absolute atomic E-state index is 12.7. The van der Waals surface area contributed by atoms with Gasteiger partial charge in [-0.15, -0.1) is 0 Å². The predicted molar refractivity (Wildman–Crippen MR) is 186 cm³/mol. The molecule has 0 aliphatic rings. The smallest absolute Gasteiger partial charge is 0.295 e. The monoisotopic (exact) mass is 595 g/mol. The minimum atomic E-state index is -0.0515. The highest BCUT2D eigenvalue weighted by molar-refractivity contribution is 5.98. The van der Waals surface area contributed by atoms with Crippen molar-refractivity contribution in [2.75, 3.05) is 0 Å². The molecule has 6 heteroatoms. The first kappa shape index (κ1) is 27.4. The molecule has 46 heavy (non-hydrogen) atoms. The number of hydrogen-bond acceptors (Lipinski definition) is 4. The summed E-state index contributed by atoms with van der Waals surface area (Å²) in [4.78, 5) is 27.7. The number of hydrogen-bond donors (Lipinski definition) is 0. The van der Waals surface area contributed by atoms with Gasteiger partial charge in [-0.1, -0.05) is 109 Å². The zero-order valence-corrected chi connectivity index (χ0v) is 25.4. The molecule has 0 atom stereocenters. The second-order valence-corrected chi connectivity index (χ2v) is 11.5. The van der Waals surface area contributed by atoms with E-state index in [1.165, 1.54) is 10.8 Å². The third kappa shape index (κ3) is 4.77. The lowest BCUT2D eigenvalue weighted by Crippen LogP contribution is -2.19. The number of rotatable bonds is 5. The van der Waals surface area contributed by atoms with Gasteiger partial charge >= 0.3 is 5.69 Å². The van der Waals surface area contributed by atoms with Gasteiger partial charge in [0.1, 0.15) is 0 Å². The lowest BCUT2D eigenvalue weighted by atomic mass is 9.93. The summed E-state index contributed by atoms with van der Waals surface area (Å²) in [7, 11) is 3.62. The zero-order chi connectivity index (χ0) is 31.2. The molecule has 0 N–H and O–H groups in total. The first-order valence-corrected chi connectivity index (χ1v) is 15.2. The molecule has 0 spiro atoms. The zero-order valence-electron chi connectivity index (χ0n) is 25.4. The Hall–Kier alpha value is -6.14. The number of nitrogens with zero attached hydrogens (tertiary/aromatic N) is 5. The molecule has 2 aromatic heterocycles. The molecule has 0 bridgehead atoms. The molecule has 220 valence electrons. The average molecular weight is 596 g/mol. The van der Waals surface area contributed by atoms with Crippen LogP contribution >= 0.6 is 0 Å². The van der Waals surface area contributed by atoms with Crippen molar-refractivity contribution in [1.29, 1.82) is 0 Å². The van der Waals surface area contributed by atoms with Crippen LogP contribution in [0.3, 0.4) is 0 Å². The second kappa shape index (κ2) is 11.1. The van der Waals surface area contributed by atoms with E-state index < -0.39 is 0 Å². The van der Waals surface area contributed by atoms with Gasteiger partial charge in [0.15, 0.2) is 17.5 Å². The van der Waals surface area contributed by atoms with Gasteiger partial charge in [0.05, 0.1) is 11.0 Å². The van der Waals surface area contributed by atoms with E-state index in [0.717, 1.165) is 50.0 Å². The molecule has 0 amide bonds. The minimum Gasteiger partial charge on any atom is -0.295 e. The SMILES string of the molecule is Cn1c(=O)n(C)c2cc(-c3cc(-c4nc(-c5ccccc5)nc(-c5ccccc5)n4)cc(-c4cccc5ccccc45)c3)ccc21. The van der Waals surface area contributed by atoms with Gasteiger partial charge in [-0.25, -0.2) is 19.7 Å². The Balaban J connectivity index is 1.40. The summed E-state index contributed by atoms with van der Waals surface area (Å²) >= 11 is 0. The van der Waals surface area contributed by atoms with Gasteiger partial charge in [-0.05, 0) is 63.4 Å². The van der Waals surface area contributed by atoms with Gasteiger partial charge in [-0.2, -0.15) is 0 Å². The summed E-state index contributed by atoms with van der Waals surface area (Å²) in [6, 6.07) is 47.5. The van der Waals surface area contributed by atoms with Crippen molar-refractivity contribution in [3.05, 3.63) is 150 Å². The van der Waals surface area contributed by atoms with Crippen LogP contribution in [0.15, 0.2) is 144 Å². The Morgan fingerprint density at radius 1 is 0.435 bits per heavy atom. The molecule has 6 nitrogen and oxygen atoms in total. The topological polar surface area (TPSA) is 65.6 Å². The van der Waals surface area contributed by atoms with E-state index in [1.807, 2.05) is 73.8 Å². The maximum atomic E-state index is 12.7. The van der Waals surface area contributed by atoms with Gasteiger partial charge in [-0.3, -0.25) is 9.13 Å². The lowest BCUT2D eigenvalue weighted by Gasteiger charge is -2.14. The Morgan fingerprint density at radius 3 is 1.67 bits per heavy atom.